The number of rotatable bonds is 7. The standard InChI is InChI=1S/C15H21F3N4O2/c1-19-14(21-7-6-15(16,17)18)22-9-8-20-13(23)11-4-3-5-12(10-11)24-2/h3-5,10H,6-9H2,1-2H3,(H,20,23)(H2,19,21,22). The summed E-state index contributed by atoms with van der Waals surface area (Å²) < 4.78 is 41.2. The molecule has 0 spiro atoms. The van der Waals surface area contributed by atoms with E-state index < -0.39 is 12.6 Å². The zero-order valence-corrected chi connectivity index (χ0v) is 13.5. The maximum absolute atomic E-state index is 12.1. The lowest BCUT2D eigenvalue weighted by Gasteiger charge is -2.13. The first-order valence-corrected chi connectivity index (χ1v) is 7.29. The van der Waals surface area contributed by atoms with E-state index in [1.807, 2.05) is 0 Å². The number of hydrogen-bond donors (Lipinski definition) is 3. The first-order valence-electron chi connectivity index (χ1n) is 7.29. The summed E-state index contributed by atoms with van der Waals surface area (Å²) in [6, 6.07) is 6.71. The topological polar surface area (TPSA) is 74.8 Å². The number of ether oxygens (including phenoxy) is 1. The van der Waals surface area contributed by atoms with Gasteiger partial charge in [0.15, 0.2) is 5.96 Å². The molecule has 1 amide bonds. The normalized spacial score (nSPS) is 11.8. The van der Waals surface area contributed by atoms with E-state index >= 15 is 0 Å². The summed E-state index contributed by atoms with van der Waals surface area (Å²) in [7, 11) is 2.97. The molecule has 24 heavy (non-hydrogen) atoms. The summed E-state index contributed by atoms with van der Waals surface area (Å²) >= 11 is 0. The average molecular weight is 346 g/mol. The van der Waals surface area contributed by atoms with Crippen LogP contribution in [-0.4, -0.2) is 51.8 Å². The second-order valence-corrected chi connectivity index (χ2v) is 4.78. The molecule has 134 valence electrons. The van der Waals surface area contributed by atoms with Gasteiger partial charge >= 0.3 is 6.18 Å². The van der Waals surface area contributed by atoms with Crippen LogP contribution in [-0.2, 0) is 0 Å². The second kappa shape index (κ2) is 9.64. The maximum atomic E-state index is 12.1. The molecule has 0 bridgehead atoms. The lowest BCUT2D eigenvalue weighted by atomic mass is 10.2. The SMILES string of the molecule is CN=C(NCCNC(=O)c1cccc(OC)c1)NCCC(F)(F)F. The van der Waals surface area contributed by atoms with Crippen molar-refractivity contribution < 1.29 is 22.7 Å². The monoisotopic (exact) mass is 346 g/mol. The van der Waals surface area contributed by atoms with Crippen molar-refractivity contribution in [3.8, 4) is 5.75 Å². The number of halogens is 3. The Morgan fingerprint density at radius 2 is 1.83 bits per heavy atom. The number of carbonyl (C=O) groups is 1. The third-order valence-electron chi connectivity index (χ3n) is 2.96. The van der Waals surface area contributed by atoms with E-state index in [4.69, 9.17) is 4.74 Å². The first kappa shape index (κ1) is 19.6. The molecule has 0 aromatic heterocycles. The number of nitrogens with zero attached hydrogens (tertiary/aromatic N) is 1. The van der Waals surface area contributed by atoms with Crippen molar-refractivity contribution >= 4 is 11.9 Å². The predicted molar refractivity (Wildman–Crippen MR) is 85.4 cm³/mol. The molecule has 0 fully saturated rings. The van der Waals surface area contributed by atoms with Crippen LogP contribution in [0.25, 0.3) is 0 Å². The quantitative estimate of drug-likeness (QED) is 0.398. The highest BCUT2D eigenvalue weighted by atomic mass is 19.4. The number of aliphatic imine (C=N–C) groups is 1. The Morgan fingerprint density at radius 3 is 2.46 bits per heavy atom. The molecule has 0 radical (unpaired) electrons. The van der Waals surface area contributed by atoms with Crippen LogP contribution in [0.1, 0.15) is 16.8 Å². The van der Waals surface area contributed by atoms with E-state index in [0.29, 0.717) is 17.9 Å². The molecule has 1 rings (SSSR count). The van der Waals surface area contributed by atoms with E-state index in [-0.39, 0.29) is 25.0 Å². The summed E-state index contributed by atoms with van der Waals surface area (Å²) in [5.74, 6) is 0.556. The van der Waals surface area contributed by atoms with Crippen LogP contribution in [0.15, 0.2) is 29.3 Å². The van der Waals surface area contributed by atoms with Gasteiger partial charge in [0.25, 0.3) is 5.91 Å². The van der Waals surface area contributed by atoms with Gasteiger partial charge in [0.2, 0.25) is 0 Å². The first-order chi connectivity index (χ1) is 11.4. The van der Waals surface area contributed by atoms with Gasteiger partial charge in [0, 0.05) is 32.2 Å². The smallest absolute Gasteiger partial charge is 0.390 e. The van der Waals surface area contributed by atoms with Gasteiger partial charge in [-0.25, -0.2) is 0 Å². The van der Waals surface area contributed by atoms with E-state index in [2.05, 4.69) is 20.9 Å². The van der Waals surface area contributed by atoms with Crippen LogP contribution >= 0.6 is 0 Å². The lowest BCUT2D eigenvalue weighted by molar-refractivity contribution is -0.132. The molecule has 0 saturated heterocycles. The van der Waals surface area contributed by atoms with E-state index in [1.54, 1.807) is 24.3 Å². The summed E-state index contributed by atoms with van der Waals surface area (Å²) in [6.45, 7) is 0.344. The number of carbonyl (C=O) groups excluding carboxylic acids is 1. The minimum Gasteiger partial charge on any atom is -0.497 e. The summed E-state index contributed by atoms with van der Waals surface area (Å²) in [5, 5.41) is 8.06. The lowest BCUT2D eigenvalue weighted by Crippen LogP contribution is -2.42. The van der Waals surface area contributed by atoms with Crippen LogP contribution < -0.4 is 20.7 Å². The zero-order chi connectivity index (χ0) is 18.0. The van der Waals surface area contributed by atoms with Crippen molar-refractivity contribution in [1.82, 2.24) is 16.0 Å². The summed E-state index contributed by atoms with van der Waals surface area (Å²) in [5.41, 5.74) is 0.460. The number of hydrogen-bond acceptors (Lipinski definition) is 3. The molecule has 0 aliphatic carbocycles. The highest BCUT2D eigenvalue weighted by Crippen LogP contribution is 2.18. The van der Waals surface area contributed by atoms with E-state index in [9.17, 15) is 18.0 Å². The Morgan fingerprint density at radius 1 is 1.17 bits per heavy atom. The Bertz CT molecular complexity index is 562. The van der Waals surface area contributed by atoms with Crippen molar-refractivity contribution in [2.75, 3.05) is 33.8 Å². The number of nitrogens with one attached hydrogen (secondary N) is 3. The maximum Gasteiger partial charge on any atom is 0.390 e. The Labute approximate surface area is 138 Å². The van der Waals surface area contributed by atoms with Crippen molar-refractivity contribution in [1.29, 1.82) is 0 Å². The molecule has 0 aliphatic heterocycles. The largest absolute Gasteiger partial charge is 0.497 e. The van der Waals surface area contributed by atoms with Crippen LogP contribution in [0.5, 0.6) is 5.75 Å². The molecular weight excluding hydrogens is 325 g/mol. The number of alkyl halides is 3. The van der Waals surface area contributed by atoms with Crippen LogP contribution in [0.2, 0.25) is 0 Å². The molecular formula is C15H21F3N4O2. The van der Waals surface area contributed by atoms with Gasteiger partial charge in [-0.1, -0.05) is 6.07 Å². The molecule has 0 aliphatic rings. The van der Waals surface area contributed by atoms with Crippen LogP contribution in [0.3, 0.4) is 0 Å². The fourth-order valence-corrected chi connectivity index (χ4v) is 1.77. The Hall–Kier alpha value is -2.45. The third kappa shape index (κ3) is 7.70. The van der Waals surface area contributed by atoms with Gasteiger partial charge in [-0.05, 0) is 18.2 Å². The highest BCUT2D eigenvalue weighted by molar-refractivity contribution is 5.94. The van der Waals surface area contributed by atoms with Crippen LogP contribution in [0, 0.1) is 0 Å². The molecule has 0 unspecified atom stereocenters. The van der Waals surface area contributed by atoms with Crippen LogP contribution in [0.4, 0.5) is 13.2 Å². The van der Waals surface area contributed by atoms with Gasteiger partial charge in [-0.2, -0.15) is 13.2 Å². The third-order valence-corrected chi connectivity index (χ3v) is 2.96. The van der Waals surface area contributed by atoms with Crippen molar-refractivity contribution in [2.45, 2.75) is 12.6 Å². The minimum atomic E-state index is -4.21. The molecule has 6 nitrogen and oxygen atoms in total. The van der Waals surface area contributed by atoms with E-state index in [0.717, 1.165) is 0 Å². The van der Waals surface area contributed by atoms with Crippen molar-refractivity contribution in [2.24, 2.45) is 4.99 Å². The van der Waals surface area contributed by atoms with Gasteiger partial charge in [0.1, 0.15) is 5.75 Å². The van der Waals surface area contributed by atoms with Gasteiger partial charge in [-0.15, -0.1) is 0 Å². The molecule has 0 saturated carbocycles. The number of amides is 1. The van der Waals surface area contributed by atoms with Gasteiger partial charge in [-0.3, -0.25) is 9.79 Å². The number of methoxy groups -OCH3 is 1. The fourth-order valence-electron chi connectivity index (χ4n) is 1.77. The highest BCUT2D eigenvalue weighted by Gasteiger charge is 2.26. The molecule has 0 heterocycles. The van der Waals surface area contributed by atoms with Crippen molar-refractivity contribution in [3.05, 3.63) is 29.8 Å². The summed E-state index contributed by atoms with van der Waals surface area (Å²) in [4.78, 5) is 15.7. The summed E-state index contributed by atoms with van der Waals surface area (Å²) in [6.07, 6.45) is -5.16. The molecule has 9 heteroatoms. The molecule has 1 aromatic rings. The van der Waals surface area contributed by atoms with Crippen molar-refractivity contribution in [3.63, 3.8) is 0 Å². The second-order valence-electron chi connectivity index (χ2n) is 4.78. The van der Waals surface area contributed by atoms with Gasteiger partial charge < -0.3 is 20.7 Å². The Kier molecular flexibility index (Phi) is 7.87. The zero-order valence-electron chi connectivity index (χ0n) is 13.5. The number of guanidine groups is 1. The molecule has 1 aromatic carbocycles. The van der Waals surface area contributed by atoms with E-state index in [1.165, 1.54) is 14.2 Å². The number of benzene rings is 1. The predicted octanol–water partition coefficient (Wildman–Crippen LogP) is 1.54. The average Bonchev–Trinajstić information content (AvgIpc) is 2.55. The molecule has 3 N–H and O–H groups in total. The molecule has 0 atom stereocenters. The minimum absolute atomic E-state index is 0.245. The van der Waals surface area contributed by atoms with Gasteiger partial charge in [0.05, 0.1) is 13.5 Å². The fraction of sp³-hybridized carbons (Fsp3) is 0.467. The Balaban J connectivity index is 2.29.